The molecule has 19 rings (SSSR count). The van der Waals surface area contributed by atoms with Gasteiger partial charge < -0.3 is 9.13 Å². The van der Waals surface area contributed by atoms with Crippen LogP contribution in [0.25, 0.3) is 167 Å². The summed E-state index contributed by atoms with van der Waals surface area (Å²) in [5.41, 5.74) is 24.0. The van der Waals surface area contributed by atoms with Crippen LogP contribution in [0.15, 0.2) is 297 Å². The van der Waals surface area contributed by atoms with Crippen molar-refractivity contribution in [3.8, 4) is 73.3 Å². The highest BCUT2D eigenvalue weighted by Gasteiger charge is 2.30. The number of nitrogens with zero attached hydrogens (tertiary/aromatic N) is 9. The van der Waals surface area contributed by atoms with Gasteiger partial charge in [0, 0.05) is 44.0 Å². The predicted octanol–water partition coefficient (Wildman–Crippen LogP) is 19.9. The fourth-order valence-corrected chi connectivity index (χ4v) is 14.5. The van der Waals surface area contributed by atoms with E-state index in [1.54, 1.807) is 0 Å². The molecule has 0 aliphatic rings. The molecule has 418 valence electrons. The summed E-state index contributed by atoms with van der Waals surface area (Å²) in [6.45, 7) is 0. The molecule has 0 unspecified atom stereocenters. The van der Waals surface area contributed by atoms with Crippen LogP contribution in [0, 0.1) is 11.3 Å². The number of rotatable bonds is 8. The van der Waals surface area contributed by atoms with Crippen LogP contribution in [0.5, 0.6) is 0 Å². The molecule has 0 bridgehead atoms. The van der Waals surface area contributed by atoms with E-state index in [2.05, 4.69) is 330 Å². The standard InChI is InChI=1S/C81H49N9/c82-50-65-78(87-68-33-17-13-29-59(68)60-30-14-18-34-69(60)87)63(55-37-41-66-74(47-55)89-76-45-53(51-21-5-1-6-22-51)39-43-72(76)85(80(89)83-66)57-25-9-3-10-26-57)49-64(79(65)88-70-35-19-15-31-61(70)62-32-16-20-36-71(62)88)56-38-42-67-75(48-56)90-77-46-54(52-23-7-2-8-24-52)40-44-73(77)86(81(90)84-67)58-27-11-4-12-28-58/h1-49H. The Morgan fingerprint density at radius 3 is 0.967 bits per heavy atom. The molecule has 0 aliphatic carbocycles. The highest BCUT2D eigenvalue weighted by atomic mass is 15.2. The van der Waals surface area contributed by atoms with Gasteiger partial charge in [-0.2, -0.15) is 5.26 Å². The van der Waals surface area contributed by atoms with Gasteiger partial charge in [-0.3, -0.25) is 17.9 Å². The molecular formula is C81H49N9. The van der Waals surface area contributed by atoms with Gasteiger partial charge in [0.05, 0.1) is 77.6 Å². The van der Waals surface area contributed by atoms with Crippen LogP contribution in [-0.4, -0.2) is 37.0 Å². The molecule has 0 fully saturated rings. The van der Waals surface area contributed by atoms with Crippen LogP contribution in [0.2, 0.25) is 0 Å². The summed E-state index contributed by atoms with van der Waals surface area (Å²) in [6, 6.07) is 109. The monoisotopic (exact) mass is 1150 g/mol. The van der Waals surface area contributed by atoms with Crippen molar-refractivity contribution in [2.75, 3.05) is 0 Å². The summed E-state index contributed by atoms with van der Waals surface area (Å²) in [5.74, 6) is 1.61. The maximum atomic E-state index is 12.7. The molecule has 13 aromatic carbocycles. The minimum Gasteiger partial charge on any atom is -0.307 e. The van der Waals surface area contributed by atoms with Gasteiger partial charge in [0.15, 0.2) is 0 Å². The largest absolute Gasteiger partial charge is 0.307 e. The topological polar surface area (TPSA) is 78.1 Å². The van der Waals surface area contributed by atoms with Crippen LogP contribution in [0.4, 0.5) is 0 Å². The van der Waals surface area contributed by atoms with Gasteiger partial charge in [-0.05, 0) is 137 Å². The Kier molecular flexibility index (Phi) is 10.6. The Bertz CT molecular complexity index is 5730. The molecule has 6 heterocycles. The first-order valence-electron chi connectivity index (χ1n) is 30.4. The average molecular weight is 1150 g/mol. The molecule has 0 aliphatic heterocycles. The molecule has 9 heteroatoms. The van der Waals surface area contributed by atoms with E-state index in [0.29, 0.717) is 5.56 Å². The van der Waals surface area contributed by atoms with Crippen molar-refractivity contribution in [3.05, 3.63) is 303 Å². The van der Waals surface area contributed by atoms with Crippen molar-refractivity contribution in [3.63, 3.8) is 0 Å². The number of nitriles is 1. The van der Waals surface area contributed by atoms with Gasteiger partial charge in [-0.25, -0.2) is 9.97 Å². The molecule has 19 aromatic rings. The molecule has 0 atom stereocenters. The zero-order chi connectivity index (χ0) is 59.1. The number of benzene rings is 13. The Balaban J connectivity index is 0.965. The maximum Gasteiger partial charge on any atom is 0.220 e. The second-order valence-corrected chi connectivity index (χ2v) is 23.3. The highest BCUT2D eigenvalue weighted by molar-refractivity contribution is 6.13. The third-order valence-electron chi connectivity index (χ3n) is 18.4. The summed E-state index contributed by atoms with van der Waals surface area (Å²) in [4.78, 5) is 11.0. The Morgan fingerprint density at radius 1 is 0.256 bits per heavy atom. The van der Waals surface area contributed by atoms with Crippen LogP contribution in [0.1, 0.15) is 5.56 Å². The van der Waals surface area contributed by atoms with Crippen LogP contribution < -0.4 is 0 Å². The molecule has 0 saturated heterocycles. The number of fused-ring (bicyclic) bond motifs is 16. The van der Waals surface area contributed by atoms with E-state index in [4.69, 9.17) is 9.97 Å². The molecular weight excluding hydrogens is 1100 g/mol. The second kappa shape index (κ2) is 19.2. The molecule has 0 radical (unpaired) electrons. The second-order valence-electron chi connectivity index (χ2n) is 23.3. The predicted molar refractivity (Wildman–Crippen MR) is 368 cm³/mol. The van der Waals surface area contributed by atoms with Gasteiger partial charge in [0.25, 0.3) is 0 Å². The van der Waals surface area contributed by atoms with Crippen LogP contribution in [0.3, 0.4) is 0 Å². The lowest BCUT2D eigenvalue weighted by molar-refractivity contribution is 1.11. The number of hydrogen-bond donors (Lipinski definition) is 0. The lowest BCUT2D eigenvalue weighted by Gasteiger charge is -2.23. The zero-order valence-corrected chi connectivity index (χ0v) is 48.3. The lowest BCUT2D eigenvalue weighted by Crippen LogP contribution is -2.08. The van der Waals surface area contributed by atoms with E-state index in [1.807, 2.05) is 0 Å². The van der Waals surface area contributed by atoms with Crippen molar-refractivity contribution in [2.24, 2.45) is 0 Å². The highest BCUT2D eigenvalue weighted by Crippen LogP contribution is 2.48. The Hall–Kier alpha value is -12.5. The van der Waals surface area contributed by atoms with E-state index in [0.717, 1.165) is 167 Å². The summed E-state index contributed by atoms with van der Waals surface area (Å²) >= 11 is 0. The SMILES string of the molecule is N#Cc1c(-n2c3ccccc3c3ccccc32)c(-c2ccc3nc4n(-c5ccccc5)c5ccc(-c6ccccc6)cc5n4c3c2)cc(-c2ccc3nc4n(-c5ccccc5)c5ccc(-c6ccccc6)cc5n4c3c2)c1-n1c2ccccc2c2ccccc21. The van der Waals surface area contributed by atoms with Gasteiger partial charge in [-0.15, -0.1) is 0 Å². The average Bonchev–Trinajstić information content (AvgIpc) is 1.56. The number of aromatic nitrogens is 8. The number of imidazole rings is 4. The van der Waals surface area contributed by atoms with Crippen LogP contribution >= 0.6 is 0 Å². The Labute approximate surface area is 514 Å². The van der Waals surface area contributed by atoms with E-state index in [-0.39, 0.29) is 0 Å². The van der Waals surface area contributed by atoms with E-state index >= 15 is 0 Å². The maximum absolute atomic E-state index is 12.7. The molecule has 0 saturated carbocycles. The number of hydrogen-bond acceptors (Lipinski definition) is 3. The van der Waals surface area contributed by atoms with E-state index in [1.165, 1.54) is 0 Å². The van der Waals surface area contributed by atoms with Gasteiger partial charge in [-0.1, -0.05) is 194 Å². The minimum atomic E-state index is 0.527. The fraction of sp³-hybridized carbons (Fsp3) is 0. The van der Waals surface area contributed by atoms with Gasteiger partial charge in [0.1, 0.15) is 11.6 Å². The van der Waals surface area contributed by atoms with Crippen LogP contribution in [-0.2, 0) is 0 Å². The summed E-state index contributed by atoms with van der Waals surface area (Å²) in [6.07, 6.45) is 0. The molecule has 0 N–H and O–H groups in total. The van der Waals surface area contributed by atoms with Gasteiger partial charge >= 0.3 is 0 Å². The first-order chi connectivity index (χ1) is 44.6. The van der Waals surface area contributed by atoms with E-state index in [9.17, 15) is 5.26 Å². The third-order valence-corrected chi connectivity index (χ3v) is 18.4. The number of para-hydroxylation sites is 6. The summed E-state index contributed by atoms with van der Waals surface area (Å²) in [5, 5.41) is 17.1. The minimum absolute atomic E-state index is 0.527. The smallest absolute Gasteiger partial charge is 0.220 e. The zero-order valence-electron chi connectivity index (χ0n) is 48.3. The van der Waals surface area contributed by atoms with Crippen molar-refractivity contribution < 1.29 is 0 Å². The van der Waals surface area contributed by atoms with Crippen molar-refractivity contribution in [1.29, 1.82) is 5.26 Å². The fourth-order valence-electron chi connectivity index (χ4n) is 14.5. The Morgan fingerprint density at radius 2 is 0.589 bits per heavy atom. The van der Waals surface area contributed by atoms with E-state index < -0.39 is 0 Å². The van der Waals surface area contributed by atoms with Gasteiger partial charge in [0.2, 0.25) is 11.6 Å². The molecule has 0 spiro atoms. The third kappa shape index (κ3) is 7.18. The lowest BCUT2D eigenvalue weighted by atomic mass is 9.91. The first-order valence-corrected chi connectivity index (χ1v) is 30.4. The van der Waals surface area contributed by atoms with Crippen molar-refractivity contribution in [1.82, 2.24) is 37.0 Å². The quantitative estimate of drug-likeness (QED) is 0.152. The van der Waals surface area contributed by atoms with Crippen molar-refractivity contribution in [2.45, 2.75) is 0 Å². The molecule has 90 heavy (non-hydrogen) atoms. The summed E-state index contributed by atoms with van der Waals surface area (Å²) in [7, 11) is 0. The summed E-state index contributed by atoms with van der Waals surface area (Å²) < 4.78 is 13.9. The first kappa shape index (κ1) is 49.7. The molecule has 6 aromatic heterocycles. The molecule has 9 nitrogen and oxygen atoms in total. The molecule has 0 amide bonds. The normalized spacial score (nSPS) is 12.0. The van der Waals surface area contributed by atoms with Crippen molar-refractivity contribution >= 4 is 99.3 Å².